The Morgan fingerprint density at radius 3 is 3.06 bits per heavy atom. The molecule has 6 heteroatoms. The highest BCUT2D eigenvalue weighted by molar-refractivity contribution is 5.77. The molecule has 1 heterocycles. The fourth-order valence-corrected chi connectivity index (χ4v) is 1.45. The van der Waals surface area contributed by atoms with Crippen LogP contribution in [0.5, 0.6) is 0 Å². The van der Waals surface area contributed by atoms with Crippen molar-refractivity contribution in [2.24, 2.45) is 10.3 Å². The van der Waals surface area contributed by atoms with Crippen LogP contribution in [0.2, 0.25) is 0 Å². The number of oxime groups is 1. The Balaban J connectivity index is 1.76. The van der Waals surface area contributed by atoms with E-state index < -0.39 is 0 Å². The molecule has 88 valence electrons. The van der Waals surface area contributed by atoms with Crippen molar-refractivity contribution in [3.63, 3.8) is 0 Å². The molecule has 0 aliphatic carbocycles. The number of hydrogen-bond donors (Lipinski definition) is 0. The fraction of sp³-hybridized carbons (Fsp3) is 0.364. The molecule has 0 amide bonds. The van der Waals surface area contributed by atoms with E-state index in [1.807, 2.05) is 30.3 Å². The van der Waals surface area contributed by atoms with E-state index >= 15 is 0 Å². The molecule has 1 unspecified atom stereocenters. The van der Waals surface area contributed by atoms with E-state index in [0.717, 1.165) is 5.56 Å². The van der Waals surface area contributed by atoms with Gasteiger partial charge in [0.1, 0.15) is 12.7 Å². The molecule has 17 heavy (non-hydrogen) atoms. The first-order chi connectivity index (χ1) is 8.38. The number of hydrogen-bond acceptors (Lipinski definition) is 4. The van der Waals surface area contributed by atoms with Crippen LogP contribution in [0.3, 0.4) is 0 Å². The lowest BCUT2D eigenvalue weighted by Gasteiger charge is -2.04. The molecule has 0 radical (unpaired) electrons. The minimum Gasteiger partial charge on any atom is -0.474 e. The first kappa shape index (κ1) is 11.3. The third-order valence-corrected chi connectivity index (χ3v) is 2.30. The fourth-order valence-electron chi connectivity index (χ4n) is 1.45. The molecule has 1 aromatic carbocycles. The van der Waals surface area contributed by atoms with Gasteiger partial charge in [0, 0.05) is 4.91 Å². The molecular weight excluding hydrogens is 220 g/mol. The molecule has 1 atom stereocenters. The quantitative estimate of drug-likeness (QED) is 0.454. The van der Waals surface area contributed by atoms with Crippen molar-refractivity contribution in [3.05, 3.63) is 46.3 Å². The largest absolute Gasteiger partial charge is 0.474 e. The predicted octanol–water partition coefficient (Wildman–Crippen LogP) is 2.62. The number of benzene rings is 1. The van der Waals surface area contributed by atoms with Crippen LogP contribution in [0.25, 0.3) is 10.4 Å². The normalized spacial score (nSPS) is 17.9. The molecule has 2 rings (SSSR count). The number of ether oxygens (including phenoxy) is 1. The highest BCUT2D eigenvalue weighted by Crippen LogP contribution is 2.13. The number of azide groups is 1. The lowest BCUT2D eigenvalue weighted by atomic mass is 10.2. The second-order valence-electron chi connectivity index (χ2n) is 3.60. The summed E-state index contributed by atoms with van der Waals surface area (Å²) in [6.07, 6.45) is 0.350. The lowest BCUT2D eigenvalue weighted by molar-refractivity contribution is 0.0913. The summed E-state index contributed by atoms with van der Waals surface area (Å²) in [5, 5.41) is 7.23. The summed E-state index contributed by atoms with van der Waals surface area (Å²) in [6, 6.07) is 9.82. The standard InChI is InChI=1S/C11H12N4O2/c12-15-13-7-10-6-11(14-17-10)16-8-9-4-2-1-3-5-9/h1-5,10H,6-8H2. The van der Waals surface area contributed by atoms with Gasteiger partial charge < -0.3 is 9.57 Å². The van der Waals surface area contributed by atoms with Gasteiger partial charge in [-0.3, -0.25) is 0 Å². The monoisotopic (exact) mass is 232 g/mol. The zero-order valence-electron chi connectivity index (χ0n) is 9.19. The average molecular weight is 232 g/mol. The highest BCUT2D eigenvalue weighted by Gasteiger charge is 2.21. The summed E-state index contributed by atoms with van der Waals surface area (Å²) in [5.74, 6) is 0.548. The van der Waals surface area contributed by atoms with Crippen molar-refractivity contribution in [3.8, 4) is 0 Å². The predicted molar refractivity (Wildman–Crippen MR) is 62.2 cm³/mol. The van der Waals surface area contributed by atoms with Crippen molar-refractivity contribution in [2.45, 2.75) is 19.1 Å². The smallest absolute Gasteiger partial charge is 0.229 e. The number of rotatable bonds is 4. The van der Waals surface area contributed by atoms with Crippen LogP contribution in [0, 0.1) is 0 Å². The third kappa shape index (κ3) is 3.39. The first-order valence-corrected chi connectivity index (χ1v) is 5.29. The summed E-state index contributed by atoms with van der Waals surface area (Å²) in [6.45, 7) is 0.746. The highest BCUT2D eigenvalue weighted by atomic mass is 16.7. The first-order valence-electron chi connectivity index (χ1n) is 5.29. The summed E-state index contributed by atoms with van der Waals surface area (Å²) < 4.78 is 5.49. The molecule has 0 saturated carbocycles. The SMILES string of the molecule is [N-]=[N+]=NCC1CC(OCc2ccccc2)=NO1. The van der Waals surface area contributed by atoms with Gasteiger partial charge in [-0.2, -0.15) is 0 Å². The van der Waals surface area contributed by atoms with E-state index in [0.29, 0.717) is 18.9 Å². The third-order valence-electron chi connectivity index (χ3n) is 2.30. The zero-order valence-corrected chi connectivity index (χ0v) is 9.19. The Hall–Kier alpha value is -2.20. The van der Waals surface area contributed by atoms with Crippen molar-refractivity contribution >= 4 is 5.90 Å². The van der Waals surface area contributed by atoms with E-state index in [2.05, 4.69) is 15.2 Å². The lowest BCUT2D eigenvalue weighted by Crippen LogP contribution is -2.12. The van der Waals surface area contributed by atoms with Gasteiger partial charge in [0.05, 0.1) is 13.0 Å². The molecule has 1 aliphatic heterocycles. The maximum atomic E-state index is 8.18. The van der Waals surface area contributed by atoms with Crippen molar-refractivity contribution in [1.29, 1.82) is 0 Å². The Bertz CT molecular complexity index is 440. The molecule has 0 N–H and O–H groups in total. The van der Waals surface area contributed by atoms with E-state index in [9.17, 15) is 0 Å². The van der Waals surface area contributed by atoms with Gasteiger partial charge in [-0.25, -0.2) is 0 Å². The molecule has 0 bridgehead atoms. The topological polar surface area (TPSA) is 79.6 Å². The van der Waals surface area contributed by atoms with Gasteiger partial charge >= 0.3 is 0 Å². The summed E-state index contributed by atoms with van der Waals surface area (Å²) in [7, 11) is 0. The molecule has 1 aromatic rings. The Kier molecular flexibility index (Phi) is 3.83. The minimum atomic E-state index is -0.198. The molecule has 0 fully saturated rings. The van der Waals surface area contributed by atoms with Gasteiger partial charge in [0.25, 0.3) is 0 Å². The van der Waals surface area contributed by atoms with Crippen molar-refractivity contribution in [1.82, 2.24) is 0 Å². The molecular formula is C11H12N4O2. The summed E-state index contributed by atoms with van der Waals surface area (Å²) >= 11 is 0. The van der Waals surface area contributed by atoms with Crippen LogP contribution in [-0.2, 0) is 16.2 Å². The summed E-state index contributed by atoms with van der Waals surface area (Å²) in [4.78, 5) is 7.73. The molecule has 0 spiro atoms. The Morgan fingerprint density at radius 1 is 1.47 bits per heavy atom. The van der Waals surface area contributed by atoms with Crippen molar-refractivity contribution in [2.75, 3.05) is 6.54 Å². The molecule has 6 nitrogen and oxygen atoms in total. The van der Waals surface area contributed by atoms with Crippen LogP contribution < -0.4 is 0 Å². The molecule has 0 saturated heterocycles. The van der Waals surface area contributed by atoms with E-state index in [-0.39, 0.29) is 12.6 Å². The second kappa shape index (κ2) is 5.77. The van der Waals surface area contributed by atoms with Crippen LogP contribution >= 0.6 is 0 Å². The van der Waals surface area contributed by atoms with Gasteiger partial charge in [-0.05, 0) is 11.1 Å². The average Bonchev–Trinajstić information content (AvgIpc) is 2.83. The maximum Gasteiger partial charge on any atom is 0.229 e. The van der Waals surface area contributed by atoms with E-state index in [1.165, 1.54) is 0 Å². The van der Waals surface area contributed by atoms with Crippen LogP contribution in [0.4, 0.5) is 0 Å². The van der Waals surface area contributed by atoms with Gasteiger partial charge in [0.15, 0.2) is 0 Å². The zero-order chi connectivity index (χ0) is 11.9. The summed E-state index contributed by atoms with van der Waals surface area (Å²) in [5.41, 5.74) is 9.26. The molecule has 1 aliphatic rings. The Labute approximate surface area is 98.5 Å². The van der Waals surface area contributed by atoms with Crippen LogP contribution in [0.1, 0.15) is 12.0 Å². The van der Waals surface area contributed by atoms with Gasteiger partial charge in [-0.15, -0.1) is 0 Å². The second-order valence-corrected chi connectivity index (χ2v) is 3.60. The Morgan fingerprint density at radius 2 is 2.29 bits per heavy atom. The number of nitrogens with zero attached hydrogens (tertiary/aromatic N) is 4. The van der Waals surface area contributed by atoms with Gasteiger partial charge in [-0.1, -0.05) is 40.6 Å². The van der Waals surface area contributed by atoms with Gasteiger partial charge in [0.2, 0.25) is 5.90 Å². The van der Waals surface area contributed by atoms with Crippen LogP contribution in [0.15, 0.2) is 40.6 Å². The van der Waals surface area contributed by atoms with E-state index in [4.69, 9.17) is 15.1 Å². The van der Waals surface area contributed by atoms with Crippen LogP contribution in [-0.4, -0.2) is 18.5 Å². The van der Waals surface area contributed by atoms with Crippen molar-refractivity contribution < 1.29 is 9.57 Å². The maximum absolute atomic E-state index is 8.18. The molecule has 0 aromatic heterocycles. The minimum absolute atomic E-state index is 0.198. The van der Waals surface area contributed by atoms with E-state index in [1.54, 1.807) is 0 Å².